The first kappa shape index (κ1) is 21.8. The third-order valence-corrected chi connectivity index (χ3v) is 6.32. The summed E-state index contributed by atoms with van der Waals surface area (Å²) in [5, 5.41) is 8.11. The largest absolute Gasteiger partial charge is 0.355 e. The quantitative estimate of drug-likeness (QED) is 0.234. The first-order valence-electron chi connectivity index (χ1n) is 12.1. The summed E-state index contributed by atoms with van der Waals surface area (Å²) in [6, 6.07) is 26.9. The third kappa shape index (κ3) is 4.36. The van der Waals surface area contributed by atoms with Crippen LogP contribution in [0.15, 0.2) is 91.3 Å². The number of aromatic amines is 1. The van der Waals surface area contributed by atoms with Crippen LogP contribution in [0.25, 0.3) is 33.3 Å². The van der Waals surface area contributed by atoms with Gasteiger partial charge in [-0.15, -0.1) is 0 Å². The number of anilines is 4. The van der Waals surface area contributed by atoms with Gasteiger partial charge in [0.1, 0.15) is 5.82 Å². The molecule has 0 fully saturated rings. The van der Waals surface area contributed by atoms with E-state index in [1.807, 2.05) is 31.3 Å². The molecule has 0 aliphatic carbocycles. The second-order valence-electron chi connectivity index (χ2n) is 8.89. The predicted octanol–water partition coefficient (Wildman–Crippen LogP) is 7.53. The van der Waals surface area contributed by atoms with E-state index in [9.17, 15) is 0 Å². The maximum absolute atomic E-state index is 4.84. The smallest absolute Gasteiger partial charge is 0.138 e. The minimum absolute atomic E-state index is 0.843. The van der Waals surface area contributed by atoms with Gasteiger partial charge in [0, 0.05) is 51.8 Å². The molecule has 0 atom stereocenters. The normalized spacial score (nSPS) is 11.2. The Bertz CT molecular complexity index is 1680. The van der Waals surface area contributed by atoms with Crippen LogP contribution in [0.2, 0.25) is 0 Å². The number of benzene rings is 3. The Hall–Kier alpha value is -4.71. The van der Waals surface area contributed by atoms with Gasteiger partial charge in [0.05, 0.1) is 16.6 Å². The van der Waals surface area contributed by atoms with Crippen molar-refractivity contribution in [2.75, 3.05) is 10.6 Å². The summed E-state index contributed by atoms with van der Waals surface area (Å²) in [5.74, 6) is 0.843. The maximum atomic E-state index is 4.84. The highest BCUT2D eigenvalue weighted by molar-refractivity contribution is 5.93. The molecule has 6 nitrogen and oxygen atoms in total. The van der Waals surface area contributed by atoms with E-state index >= 15 is 0 Å². The average Bonchev–Trinajstić information content (AvgIpc) is 3.33. The fourth-order valence-corrected chi connectivity index (χ4v) is 4.40. The lowest BCUT2D eigenvalue weighted by molar-refractivity contribution is 1.14. The Morgan fingerprint density at radius 1 is 0.722 bits per heavy atom. The monoisotopic (exact) mass is 470 g/mol. The molecule has 3 aromatic carbocycles. The number of imidazole rings is 1. The molecule has 0 radical (unpaired) electrons. The van der Waals surface area contributed by atoms with E-state index in [1.54, 1.807) is 6.20 Å². The van der Waals surface area contributed by atoms with Crippen LogP contribution in [-0.2, 0) is 6.42 Å². The number of nitrogens with one attached hydrogen (secondary N) is 3. The standard InChI is InChI=1S/C30H26N6/c1-3-20-4-10-26-25(17-20)27(13-15-32-26)34-22-7-5-21(6-8-22)30-35-28-11-9-23(18-29(28)36-30)33-24-12-14-31-19(2)16-24/h4-18H,3H2,1-2H3,(H,31,33)(H,32,34)(H,35,36). The molecule has 176 valence electrons. The molecule has 6 rings (SSSR count). The van der Waals surface area contributed by atoms with Crippen molar-refractivity contribution in [2.24, 2.45) is 0 Å². The van der Waals surface area contributed by atoms with Crippen LogP contribution < -0.4 is 10.6 Å². The number of nitrogens with zero attached hydrogens (tertiary/aromatic N) is 3. The molecule has 0 saturated carbocycles. The fraction of sp³-hybridized carbons (Fsp3) is 0.100. The van der Waals surface area contributed by atoms with Gasteiger partial charge in [-0.3, -0.25) is 9.97 Å². The number of pyridine rings is 2. The van der Waals surface area contributed by atoms with Crippen molar-refractivity contribution in [3.8, 4) is 11.4 Å². The summed E-state index contributed by atoms with van der Waals surface area (Å²) in [4.78, 5) is 17.0. The number of hydrogen-bond acceptors (Lipinski definition) is 5. The highest BCUT2D eigenvalue weighted by atomic mass is 14.9. The number of fused-ring (bicyclic) bond motifs is 2. The summed E-state index contributed by atoms with van der Waals surface area (Å²) in [5.41, 5.74) is 10.3. The zero-order valence-corrected chi connectivity index (χ0v) is 20.2. The van der Waals surface area contributed by atoms with Crippen molar-refractivity contribution in [3.63, 3.8) is 0 Å². The molecular formula is C30H26N6. The molecule has 3 N–H and O–H groups in total. The minimum atomic E-state index is 0.843. The molecule has 0 bridgehead atoms. The first-order valence-corrected chi connectivity index (χ1v) is 12.1. The summed E-state index contributed by atoms with van der Waals surface area (Å²) in [7, 11) is 0. The molecule has 0 amide bonds. The molecule has 6 heteroatoms. The number of hydrogen-bond donors (Lipinski definition) is 3. The van der Waals surface area contributed by atoms with Gasteiger partial charge in [-0.1, -0.05) is 13.0 Å². The second-order valence-corrected chi connectivity index (χ2v) is 8.89. The average molecular weight is 471 g/mol. The molecule has 6 aromatic rings. The Morgan fingerprint density at radius 2 is 1.53 bits per heavy atom. The molecule has 0 aliphatic heterocycles. The van der Waals surface area contributed by atoms with Crippen molar-refractivity contribution in [1.82, 2.24) is 19.9 Å². The molecular weight excluding hydrogens is 444 g/mol. The number of aryl methyl sites for hydroxylation is 2. The van der Waals surface area contributed by atoms with Gasteiger partial charge >= 0.3 is 0 Å². The van der Waals surface area contributed by atoms with Crippen molar-refractivity contribution in [2.45, 2.75) is 20.3 Å². The maximum Gasteiger partial charge on any atom is 0.138 e. The van der Waals surface area contributed by atoms with Crippen molar-refractivity contribution < 1.29 is 0 Å². The van der Waals surface area contributed by atoms with Crippen LogP contribution in [0.5, 0.6) is 0 Å². The lowest BCUT2D eigenvalue weighted by Gasteiger charge is -2.11. The second kappa shape index (κ2) is 9.15. The van der Waals surface area contributed by atoms with Crippen LogP contribution >= 0.6 is 0 Å². The molecule has 36 heavy (non-hydrogen) atoms. The first-order chi connectivity index (χ1) is 17.6. The zero-order chi connectivity index (χ0) is 24.5. The molecule has 3 aromatic heterocycles. The molecule has 0 spiro atoms. The van der Waals surface area contributed by atoms with Crippen LogP contribution in [0.3, 0.4) is 0 Å². The van der Waals surface area contributed by atoms with E-state index < -0.39 is 0 Å². The van der Waals surface area contributed by atoms with Crippen molar-refractivity contribution in [3.05, 3.63) is 103 Å². The van der Waals surface area contributed by atoms with E-state index in [0.29, 0.717) is 0 Å². The summed E-state index contributed by atoms with van der Waals surface area (Å²) < 4.78 is 0. The van der Waals surface area contributed by atoms with Gasteiger partial charge in [-0.25, -0.2) is 4.98 Å². The van der Waals surface area contributed by atoms with Crippen LogP contribution in [0.4, 0.5) is 22.7 Å². The highest BCUT2D eigenvalue weighted by Crippen LogP contribution is 2.29. The fourth-order valence-electron chi connectivity index (χ4n) is 4.40. The van der Waals surface area contributed by atoms with Gasteiger partial charge in [-0.05, 0) is 91.7 Å². The van der Waals surface area contributed by atoms with E-state index in [1.165, 1.54) is 5.56 Å². The van der Waals surface area contributed by atoms with Gasteiger partial charge in [0.15, 0.2) is 0 Å². The van der Waals surface area contributed by atoms with E-state index in [4.69, 9.17) is 4.98 Å². The SMILES string of the molecule is CCc1ccc2nccc(Nc3ccc(-c4nc5cc(Nc6ccnc(C)c6)ccc5[nH]4)cc3)c2c1. The van der Waals surface area contributed by atoms with Gasteiger partial charge in [-0.2, -0.15) is 0 Å². The van der Waals surface area contributed by atoms with Crippen LogP contribution in [-0.4, -0.2) is 19.9 Å². The Morgan fingerprint density at radius 3 is 2.36 bits per heavy atom. The van der Waals surface area contributed by atoms with Gasteiger partial charge in [0.2, 0.25) is 0 Å². The van der Waals surface area contributed by atoms with Gasteiger partial charge in [0.25, 0.3) is 0 Å². The van der Waals surface area contributed by atoms with Crippen molar-refractivity contribution >= 4 is 44.7 Å². The number of aromatic nitrogens is 4. The predicted molar refractivity (Wildman–Crippen MR) is 148 cm³/mol. The number of rotatable bonds is 6. The van der Waals surface area contributed by atoms with Gasteiger partial charge < -0.3 is 15.6 Å². The van der Waals surface area contributed by atoms with E-state index in [-0.39, 0.29) is 0 Å². The highest BCUT2D eigenvalue weighted by Gasteiger charge is 2.08. The molecule has 3 heterocycles. The third-order valence-electron chi connectivity index (χ3n) is 6.32. The molecule has 0 unspecified atom stereocenters. The lowest BCUT2D eigenvalue weighted by atomic mass is 10.1. The summed E-state index contributed by atoms with van der Waals surface area (Å²) >= 11 is 0. The zero-order valence-electron chi connectivity index (χ0n) is 20.2. The number of H-pyrrole nitrogens is 1. The Kier molecular flexibility index (Phi) is 5.54. The Balaban J connectivity index is 1.24. The Labute approximate surface area is 209 Å². The summed E-state index contributed by atoms with van der Waals surface area (Å²) in [6.45, 7) is 4.15. The van der Waals surface area contributed by atoms with Crippen LogP contribution in [0.1, 0.15) is 18.2 Å². The molecule has 0 aliphatic rings. The van der Waals surface area contributed by atoms with E-state index in [2.05, 4.69) is 93.2 Å². The molecule has 0 saturated heterocycles. The van der Waals surface area contributed by atoms with E-state index in [0.717, 1.165) is 68.2 Å². The lowest BCUT2D eigenvalue weighted by Crippen LogP contribution is -1.94. The van der Waals surface area contributed by atoms with Crippen molar-refractivity contribution in [1.29, 1.82) is 0 Å². The minimum Gasteiger partial charge on any atom is -0.355 e. The summed E-state index contributed by atoms with van der Waals surface area (Å²) in [6.07, 6.45) is 4.65. The van der Waals surface area contributed by atoms with Crippen LogP contribution in [0, 0.1) is 6.92 Å². The topological polar surface area (TPSA) is 78.5 Å².